The molecule has 2 heterocycles. The Kier molecular flexibility index (Phi) is 8.51. The molecule has 0 spiro atoms. The topological polar surface area (TPSA) is 45.5 Å². The van der Waals surface area contributed by atoms with Crippen molar-refractivity contribution in [2.75, 3.05) is 26.7 Å². The zero-order valence-corrected chi connectivity index (χ0v) is 20.6. The SMILES string of the molecule is CN=C(NCC(c1ccccc1)c1ccccc1)N1CCC(C)C(n2ccnc2)C1.I. The summed E-state index contributed by atoms with van der Waals surface area (Å²) in [6, 6.07) is 21.8. The van der Waals surface area contributed by atoms with E-state index < -0.39 is 0 Å². The van der Waals surface area contributed by atoms with Gasteiger partial charge in [0.25, 0.3) is 0 Å². The molecule has 1 saturated heterocycles. The van der Waals surface area contributed by atoms with Gasteiger partial charge in [-0.2, -0.15) is 0 Å². The fourth-order valence-electron chi connectivity index (χ4n) is 4.42. The number of hydrogen-bond donors (Lipinski definition) is 1. The highest BCUT2D eigenvalue weighted by molar-refractivity contribution is 14.0. The second-order valence-electron chi connectivity index (χ2n) is 8.09. The van der Waals surface area contributed by atoms with Gasteiger partial charge < -0.3 is 14.8 Å². The quantitative estimate of drug-likeness (QED) is 0.294. The van der Waals surface area contributed by atoms with Gasteiger partial charge in [0.2, 0.25) is 0 Å². The van der Waals surface area contributed by atoms with Crippen molar-refractivity contribution in [1.82, 2.24) is 19.8 Å². The van der Waals surface area contributed by atoms with Gasteiger partial charge in [-0.15, -0.1) is 24.0 Å². The Morgan fingerprint density at radius 2 is 1.74 bits per heavy atom. The Hall–Kier alpha value is -2.35. The van der Waals surface area contributed by atoms with Gasteiger partial charge in [-0.3, -0.25) is 4.99 Å². The number of guanidine groups is 1. The van der Waals surface area contributed by atoms with Crippen LogP contribution < -0.4 is 5.32 Å². The Balaban J connectivity index is 0.00000272. The van der Waals surface area contributed by atoms with Crippen LogP contribution in [0.4, 0.5) is 0 Å². The number of nitrogens with one attached hydrogen (secondary N) is 1. The fraction of sp³-hybridized carbons (Fsp3) is 0.360. The third kappa shape index (κ3) is 5.67. The summed E-state index contributed by atoms with van der Waals surface area (Å²) >= 11 is 0. The maximum Gasteiger partial charge on any atom is 0.193 e. The third-order valence-electron chi connectivity index (χ3n) is 6.21. The van der Waals surface area contributed by atoms with Crippen LogP contribution in [0.15, 0.2) is 84.4 Å². The number of aliphatic imine (C=N–C) groups is 1. The molecule has 1 aromatic heterocycles. The summed E-state index contributed by atoms with van der Waals surface area (Å²) in [4.78, 5) is 11.3. The molecule has 4 rings (SSSR count). The second-order valence-corrected chi connectivity index (χ2v) is 8.09. The van der Waals surface area contributed by atoms with Crippen LogP contribution in [0.1, 0.15) is 36.4 Å². The Labute approximate surface area is 202 Å². The van der Waals surface area contributed by atoms with Crippen molar-refractivity contribution >= 4 is 29.9 Å². The van der Waals surface area contributed by atoms with E-state index in [0.29, 0.717) is 12.0 Å². The van der Waals surface area contributed by atoms with Gasteiger partial charge in [0, 0.05) is 45.0 Å². The molecule has 3 aromatic rings. The number of piperidine rings is 1. The van der Waals surface area contributed by atoms with E-state index in [9.17, 15) is 0 Å². The normalized spacial score (nSPS) is 19.2. The number of halogens is 1. The summed E-state index contributed by atoms with van der Waals surface area (Å²) in [7, 11) is 1.88. The van der Waals surface area contributed by atoms with E-state index >= 15 is 0 Å². The first-order valence-electron chi connectivity index (χ1n) is 10.8. The Morgan fingerprint density at radius 1 is 1.10 bits per heavy atom. The Bertz CT molecular complexity index is 888. The number of nitrogens with zero attached hydrogens (tertiary/aromatic N) is 4. The monoisotopic (exact) mass is 529 g/mol. The maximum absolute atomic E-state index is 4.62. The molecule has 2 unspecified atom stereocenters. The van der Waals surface area contributed by atoms with Gasteiger partial charge >= 0.3 is 0 Å². The molecule has 0 radical (unpaired) electrons. The molecular weight excluding hydrogens is 497 g/mol. The van der Waals surface area contributed by atoms with E-state index in [4.69, 9.17) is 0 Å². The molecule has 1 fully saturated rings. The minimum atomic E-state index is 0. The second kappa shape index (κ2) is 11.3. The molecule has 2 aromatic carbocycles. The highest BCUT2D eigenvalue weighted by Crippen LogP contribution is 2.28. The first-order chi connectivity index (χ1) is 14.8. The molecule has 1 aliphatic heterocycles. The molecular formula is C25H32IN5. The van der Waals surface area contributed by atoms with Crippen LogP contribution in [0.2, 0.25) is 0 Å². The lowest BCUT2D eigenvalue weighted by Crippen LogP contribution is -2.49. The molecule has 0 aliphatic carbocycles. The van der Waals surface area contributed by atoms with Crippen molar-refractivity contribution in [2.45, 2.75) is 25.3 Å². The molecule has 0 saturated carbocycles. The van der Waals surface area contributed by atoms with E-state index in [1.54, 1.807) is 0 Å². The van der Waals surface area contributed by atoms with Crippen molar-refractivity contribution in [3.05, 3.63) is 90.5 Å². The van der Waals surface area contributed by atoms with Gasteiger partial charge in [-0.05, 0) is 23.5 Å². The smallest absolute Gasteiger partial charge is 0.193 e. The summed E-state index contributed by atoms with van der Waals surface area (Å²) in [6.07, 6.45) is 7.01. The minimum Gasteiger partial charge on any atom is -0.355 e. The largest absolute Gasteiger partial charge is 0.355 e. The van der Waals surface area contributed by atoms with Crippen molar-refractivity contribution in [2.24, 2.45) is 10.9 Å². The molecule has 2 atom stereocenters. The van der Waals surface area contributed by atoms with Gasteiger partial charge in [0.1, 0.15) is 0 Å². The minimum absolute atomic E-state index is 0. The van der Waals surface area contributed by atoms with Crippen molar-refractivity contribution in [3.63, 3.8) is 0 Å². The lowest BCUT2D eigenvalue weighted by molar-refractivity contribution is 0.189. The molecule has 164 valence electrons. The predicted octanol–water partition coefficient (Wildman–Crippen LogP) is 4.79. The highest BCUT2D eigenvalue weighted by atomic mass is 127. The van der Waals surface area contributed by atoms with Crippen molar-refractivity contribution in [3.8, 4) is 0 Å². The first-order valence-corrected chi connectivity index (χ1v) is 10.8. The lowest BCUT2D eigenvalue weighted by Gasteiger charge is -2.39. The molecule has 31 heavy (non-hydrogen) atoms. The van der Waals surface area contributed by atoms with E-state index in [1.165, 1.54) is 11.1 Å². The van der Waals surface area contributed by atoms with Crippen LogP contribution in [-0.4, -0.2) is 47.1 Å². The highest BCUT2D eigenvalue weighted by Gasteiger charge is 2.29. The zero-order valence-electron chi connectivity index (χ0n) is 18.3. The van der Waals surface area contributed by atoms with Gasteiger partial charge in [-0.25, -0.2) is 4.98 Å². The number of benzene rings is 2. The zero-order chi connectivity index (χ0) is 20.8. The average Bonchev–Trinajstić information content (AvgIpc) is 3.33. The summed E-state index contributed by atoms with van der Waals surface area (Å²) in [6.45, 7) is 5.10. The van der Waals surface area contributed by atoms with E-state index in [1.807, 2.05) is 19.6 Å². The summed E-state index contributed by atoms with van der Waals surface area (Å²) in [5.74, 6) is 1.87. The van der Waals surface area contributed by atoms with Crippen LogP contribution in [0.5, 0.6) is 0 Å². The fourth-order valence-corrected chi connectivity index (χ4v) is 4.42. The molecule has 0 bridgehead atoms. The molecule has 6 heteroatoms. The predicted molar refractivity (Wildman–Crippen MR) is 138 cm³/mol. The number of likely N-dealkylation sites (tertiary alicyclic amines) is 1. The van der Waals surface area contributed by atoms with E-state index in [0.717, 1.165) is 32.0 Å². The Morgan fingerprint density at radius 3 is 2.29 bits per heavy atom. The van der Waals surface area contributed by atoms with Gasteiger partial charge in [-0.1, -0.05) is 67.6 Å². The summed E-state index contributed by atoms with van der Waals surface area (Å²) in [5, 5.41) is 3.67. The van der Waals surface area contributed by atoms with E-state index in [2.05, 4.69) is 98.5 Å². The van der Waals surface area contributed by atoms with Gasteiger partial charge in [0.05, 0.1) is 12.4 Å². The lowest BCUT2D eigenvalue weighted by atomic mass is 9.91. The molecule has 1 N–H and O–H groups in total. The maximum atomic E-state index is 4.62. The number of rotatable bonds is 5. The van der Waals surface area contributed by atoms with E-state index in [-0.39, 0.29) is 29.9 Å². The van der Waals surface area contributed by atoms with Crippen LogP contribution in [0, 0.1) is 5.92 Å². The van der Waals surface area contributed by atoms with Crippen LogP contribution in [0.3, 0.4) is 0 Å². The van der Waals surface area contributed by atoms with Crippen LogP contribution >= 0.6 is 24.0 Å². The average molecular weight is 529 g/mol. The number of imidazole rings is 1. The summed E-state index contributed by atoms with van der Waals surface area (Å²) in [5.41, 5.74) is 2.63. The number of aromatic nitrogens is 2. The van der Waals surface area contributed by atoms with Crippen molar-refractivity contribution < 1.29 is 0 Å². The molecule has 0 amide bonds. The summed E-state index contributed by atoms with van der Waals surface area (Å²) < 4.78 is 2.24. The first kappa shape index (κ1) is 23.3. The van der Waals surface area contributed by atoms with Gasteiger partial charge in [0.15, 0.2) is 5.96 Å². The molecule has 1 aliphatic rings. The van der Waals surface area contributed by atoms with Crippen molar-refractivity contribution in [1.29, 1.82) is 0 Å². The van der Waals surface area contributed by atoms with Crippen LogP contribution in [0.25, 0.3) is 0 Å². The standard InChI is InChI=1S/C25H31N5.HI/c1-20-13-15-29(18-24(20)30-16-14-27-19-30)25(26-2)28-17-23(21-9-5-3-6-10-21)22-11-7-4-8-12-22;/h3-12,14,16,19-20,23-24H,13,15,17-18H2,1-2H3,(H,26,28);1H. The molecule has 5 nitrogen and oxygen atoms in total. The number of hydrogen-bond acceptors (Lipinski definition) is 2. The third-order valence-corrected chi connectivity index (χ3v) is 6.21. The van der Waals surface area contributed by atoms with Crippen LogP contribution in [-0.2, 0) is 0 Å².